The maximum Gasteiger partial charge on any atom is 0.277 e. The van der Waals surface area contributed by atoms with Gasteiger partial charge in [-0.05, 0) is 55.9 Å². The summed E-state index contributed by atoms with van der Waals surface area (Å²) in [6.45, 7) is 4.04. The number of aromatic nitrogens is 5. The van der Waals surface area contributed by atoms with Crippen molar-refractivity contribution in [3.05, 3.63) is 48.4 Å². The molecule has 5 rings (SSSR count). The zero-order valence-corrected chi connectivity index (χ0v) is 19.6. The molecule has 0 radical (unpaired) electrons. The van der Waals surface area contributed by atoms with E-state index in [4.69, 9.17) is 0 Å². The number of rotatable bonds is 8. The molecule has 182 valence electrons. The first-order valence-electron chi connectivity index (χ1n) is 12.0. The molecule has 11 nitrogen and oxygen atoms in total. The third-order valence-electron chi connectivity index (χ3n) is 6.33. The van der Waals surface area contributed by atoms with Gasteiger partial charge >= 0.3 is 0 Å². The van der Waals surface area contributed by atoms with Crippen LogP contribution in [0.1, 0.15) is 49.1 Å². The van der Waals surface area contributed by atoms with Crippen LogP contribution in [0.5, 0.6) is 0 Å². The van der Waals surface area contributed by atoms with E-state index in [1.165, 1.54) is 0 Å². The van der Waals surface area contributed by atoms with Gasteiger partial charge in [0.15, 0.2) is 5.69 Å². The Balaban J connectivity index is 1.15. The van der Waals surface area contributed by atoms with E-state index < -0.39 is 0 Å². The third-order valence-corrected chi connectivity index (χ3v) is 6.33. The molecule has 1 aliphatic heterocycles. The van der Waals surface area contributed by atoms with Crippen molar-refractivity contribution in [1.82, 2.24) is 29.9 Å². The van der Waals surface area contributed by atoms with E-state index in [1.54, 1.807) is 24.0 Å². The number of carbonyl (C=O) groups excluding carboxylic acids is 2. The van der Waals surface area contributed by atoms with Crippen molar-refractivity contribution in [3.63, 3.8) is 0 Å². The molecule has 11 heteroatoms. The van der Waals surface area contributed by atoms with Crippen molar-refractivity contribution in [2.45, 2.75) is 38.6 Å². The number of piperidine rings is 1. The number of benzene rings is 1. The Bertz CT molecular complexity index is 1200. The highest BCUT2D eigenvalue weighted by Gasteiger charge is 2.26. The quantitative estimate of drug-likeness (QED) is 0.453. The Morgan fingerprint density at radius 2 is 1.89 bits per heavy atom. The van der Waals surface area contributed by atoms with Gasteiger partial charge in [-0.1, -0.05) is 11.3 Å². The summed E-state index contributed by atoms with van der Waals surface area (Å²) < 4.78 is 1.75. The number of nitrogens with one attached hydrogen (secondary N) is 3. The lowest BCUT2D eigenvalue weighted by Crippen LogP contribution is -2.38. The molecule has 3 aromatic rings. The van der Waals surface area contributed by atoms with Crippen LogP contribution in [0.3, 0.4) is 0 Å². The molecule has 0 unspecified atom stereocenters. The number of likely N-dealkylation sites (tertiary alicyclic amines) is 1. The van der Waals surface area contributed by atoms with Crippen LogP contribution in [-0.4, -0.2) is 61.3 Å². The van der Waals surface area contributed by atoms with Crippen LogP contribution in [-0.2, 0) is 4.79 Å². The predicted octanol–water partition coefficient (Wildman–Crippen LogP) is 3.07. The molecule has 2 aromatic heterocycles. The second-order valence-corrected chi connectivity index (χ2v) is 9.07. The SMILES string of the molecule is CC(=O)N1CCC(CNc2ccnc(Nc3cccc(NC(=O)c4cn(C5CC5)nn4)c3)n2)CC1. The van der Waals surface area contributed by atoms with Crippen LogP contribution < -0.4 is 16.0 Å². The monoisotopic (exact) mass is 475 g/mol. The molecule has 2 fully saturated rings. The fourth-order valence-electron chi connectivity index (χ4n) is 4.12. The lowest BCUT2D eigenvalue weighted by Gasteiger charge is -2.31. The normalized spacial score (nSPS) is 16.1. The van der Waals surface area contributed by atoms with Crippen LogP contribution in [0.25, 0.3) is 0 Å². The second-order valence-electron chi connectivity index (χ2n) is 9.07. The van der Waals surface area contributed by atoms with Crippen molar-refractivity contribution in [1.29, 1.82) is 0 Å². The van der Waals surface area contributed by atoms with Gasteiger partial charge in [0.1, 0.15) is 5.82 Å². The molecule has 0 atom stereocenters. The fourth-order valence-corrected chi connectivity index (χ4v) is 4.12. The molecule has 1 saturated heterocycles. The van der Waals surface area contributed by atoms with Gasteiger partial charge in [-0.15, -0.1) is 5.10 Å². The summed E-state index contributed by atoms with van der Waals surface area (Å²) in [5, 5.41) is 17.5. The van der Waals surface area contributed by atoms with Gasteiger partial charge in [0, 0.05) is 44.1 Å². The maximum absolute atomic E-state index is 12.5. The van der Waals surface area contributed by atoms with Crippen LogP contribution >= 0.6 is 0 Å². The van der Waals surface area contributed by atoms with E-state index >= 15 is 0 Å². The van der Waals surface area contributed by atoms with E-state index in [0.717, 1.165) is 56.8 Å². The van der Waals surface area contributed by atoms with Crippen molar-refractivity contribution in [2.75, 3.05) is 35.6 Å². The summed E-state index contributed by atoms with van der Waals surface area (Å²) in [6, 6.07) is 9.56. The van der Waals surface area contributed by atoms with Crippen molar-refractivity contribution >= 4 is 35.0 Å². The molecule has 0 spiro atoms. The Morgan fingerprint density at radius 1 is 1.09 bits per heavy atom. The van der Waals surface area contributed by atoms with E-state index in [9.17, 15) is 9.59 Å². The first-order valence-corrected chi connectivity index (χ1v) is 12.0. The van der Waals surface area contributed by atoms with Gasteiger partial charge in [0.25, 0.3) is 5.91 Å². The first-order chi connectivity index (χ1) is 17.0. The molecular weight excluding hydrogens is 446 g/mol. The third kappa shape index (κ3) is 5.92. The van der Waals surface area contributed by atoms with Gasteiger partial charge in [-0.2, -0.15) is 4.98 Å². The molecule has 2 aliphatic rings. The summed E-state index contributed by atoms with van der Waals surface area (Å²) >= 11 is 0. The number of hydrogen-bond donors (Lipinski definition) is 3. The van der Waals surface area contributed by atoms with Crippen LogP contribution in [0.4, 0.5) is 23.1 Å². The van der Waals surface area contributed by atoms with Gasteiger partial charge in [0.05, 0.1) is 12.2 Å². The van der Waals surface area contributed by atoms with E-state index in [-0.39, 0.29) is 11.8 Å². The van der Waals surface area contributed by atoms with Gasteiger partial charge < -0.3 is 20.9 Å². The smallest absolute Gasteiger partial charge is 0.277 e. The Hall–Kier alpha value is -4.02. The fraction of sp³-hybridized carbons (Fsp3) is 0.417. The minimum absolute atomic E-state index is 0.146. The molecule has 1 saturated carbocycles. The number of anilines is 4. The number of carbonyl (C=O) groups is 2. The highest BCUT2D eigenvalue weighted by molar-refractivity contribution is 6.02. The van der Waals surface area contributed by atoms with Crippen molar-refractivity contribution in [3.8, 4) is 0 Å². The topological polar surface area (TPSA) is 130 Å². The van der Waals surface area contributed by atoms with Gasteiger partial charge in [-0.3, -0.25) is 9.59 Å². The number of amides is 2. The highest BCUT2D eigenvalue weighted by atomic mass is 16.2. The Kier molecular flexibility index (Phi) is 6.55. The van der Waals surface area contributed by atoms with E-state index in [2.05, 4.69) is 36.2 Å². The minimum Gasteiger partial charge on any atom is -0.370 e. The lowest BCUT2D eigenvalue weighted by atomic mass is 9.97. The van der Waals surface area contributed by atoms with E-state index in [0.29, 0.717) is 29.3 Å². The highest BCUT2D eigenvalue weighted by Crippen LogP contribution is 2.33. The Morgan fingerprint density at radius 3 is 2.66 bits per heavy atom. The molecule has 0 bridgehead atoms. The summed E-state index contributed by atoms with van der Waals surface area (Å²) in [5.74, 6) is 1.54. The average Bonchev–Trinajstić information content (AvgIpc) is 3.59. The van der Waals surface area contributed by atoms with Crippen LogP contribution in [0.15, 0.2) is 42.7 Å². The van der Waals surface area contributed by atoms with E-state index in [1.807, 2.05) is 35.2 Å². The molecule has 1 aromatic carbocycles. The first kappa shape index (κ1) is 22.8. The molecule has 2 amide bonds. The molecular formula is C24H29N9O2. The van der Waals surface area contributed by atoms with Crippen LogP contribution in [0.2, 0.25) is 0 Å². The van der Waals surface area contributed by atoms with Crippen molar-refractivity contribution in [2.24, 2.45) is 5.92 Å². The van der Waals surface area contributed by atoms with Crippen LogP contribution in [0, 0.1) is 5.92 Å². The number of nitrogens with zero attached hydrogens (tertiary/aromatic N) is 6. The largest absolute Gasteiger partial charge is 0.370 e. The van der Waals surface area contributed by atoms with Crippen molar-refractivity contribution < 1.29 is 9.59 Å². The molecule has 35 heavy (non-hydrogen) atoms. The zero-order valence-electron chi connectivity index (χ0n) is 19.6. The molecule has 1 aliphatic carbocycles. The zero-order chi connectivity index (χ0) is 24.2. The standard InChI is InChI=1S/C24H29N9O2/c1-16(34)32-11-8-17(9-12-32)14-26-22-7-10-25-24(29-22)28-19-4-2-3-18(13-19)27-23(35)21-15-33(31-30-21)20-5-6-20/h2-4,7,10,13,15,17,20H,5-6,8-9,11-12,14H2,1H3,(H,27,35)(H2,25,26,28,29). The predicted molar refractivity (Wildman–Crippen MR) is 131 cm³/mol. The maximum atomic E-state index is 12.5. The summed E-state index contributed by atoms with van der Waals surface area (Å²) in [5.41, 5.74) is 1.68. The summed E-state index contributed by atoms with van der Waals surface area (Å²) in [7, 11) is 0. The number of hydrogen-bond acceptors (Lipinski definition) is 8. The lowest BCUT2D eigenvalue weighted by molar-refractivity contribution is -0.130. The second kappa shape index (κ2) is 10.1. The average molecular weight is 476 g/mol. The van der Waals surface area contributed by atoms with Gasteiger partial charge in [-0.25, -0.2) is 9.67 Å². The molecule has 3 N–H and O–H groups in total. The van der Waals surface area contributed by atoms with Gasteiger partial charge in [0.2, 0.25) is 11.9 Å². The molecule has 3 heterocycles. The summed E-state index contributed by atoms with van der Waals surface area (Å²) in [4.78, 5) is 34.8. The minimum atomic E-state index is -0.300. The summed E-state index contributed by atoms with van der Waals surface area (Å²) in [6.07, 6.45) is 7.52. The Labute approximate surface area is 203 Å².